The lowest BCUT2D eigenvalue weighted by molar-refractivity contribution is -0.118. The Bertz CT molecular complexity index is 482. The molecular formula is C13H15F3N2O2. The van der Waals surface area contributed by atoms with Crippen molar-refractivity contribution < 1.29 is 22.7 Å². The monoisotopic (exact) mass is 288 g/mol. The van der Waals surface area contributed by atoms with E-state index in [1.54, 1.807) is 18.2 Å². The highest BCUT2D eigenvalue weighted by atomic mass is 19.3. The van der Waals surface area contributed by atoms with E-state index in [9.17, 15) is 18.0 Å². The van der Waals surface area contributed by atoms with E-state index in [-0.39, 0.29) is 6.61 Å². The predicted octanol–water partition coefficient (Wildman–Crippen LogP) is 1.97. The average molecular weight is 288 g/mol. The Morgan fingerprint density at radius 2 is 2.30 bits per heavy atom. The summed E-state index contributed by atoms with van der Waals surface area (Å²) in [5, 5.41) is 5.00. The number of hydrogen-bond donors (Lipinski definition) is 2. The van der Waals surface area contributed by atoms with Gasteiger partial charge in [0.1, 0.15) is 19.0 Å². The first-order chi connectivity index (χ1) is 9.50. The fourth-order valence-corrected chi connectivity index (χ4v) is 1.95. The van der Waals surface area contributed by atoms with Crippen LogP contribution >= 0.6 is 0 Å². The molecule has 0 radical (unpaired) electrons. The van der Waals surface area contributed by atoms with Gasteiger partial charge >= 0.3 is 0 Å². The van der Waals surface area contributed by atoms with Gasteiger partial charge in [0, 0.05) is 18.2 Å². The highest BCUT2D eigenvalue weighted by Crippen LogP contribution is 2.26. The maximum Gasteiger partial charge on any atom is 0.262 e. The van der Waals surface area contributed by atoms with Crippen molar-refractivity contribution in [2.75, 3.05) is 25.1 Å². The Morgan fingerprint density at radius 3 is 2.95 bits per heavy atom. The number of carbonyl (C=O) groups excluding carboxylic acids is 1. The van der Waals surface area contributed by atoms with E-state index >= 15 is 0 Å². The van der Waals surface area contributed by atoms with Crippen molar-refractivity contribution in [3.8, 4) is 5.75 Å². The van der Waals surface area contributed by atoms with E-state index in [0.717, 1.165) is 0 Å². The summed E-state index contributed by atoms with van der Waals surface area (Å²) in [6.07, 6.45) is -0.517. The Balaban J connectivity index is 1.94. The van der Waals surface area contributed by atoms with Gasteiger partial charge in [-0.15, -0.1) is 0 Å². The van der Waals surface area contributed by atoms with Gasteiger partial charge in [0.25, 0.3) is 5.92 Å². The first-order valence-electron chi connectivity index (χ1n) is 6.21. The second kappa shape index (κ2) is 6.13. The summed E-state index contributed by atoms with van der Waals surface area (Å²) >= 11 is 0. The summed E-state index contributed by atoms with van der Waals surface area (Å²) in [4.78, 5) is 11.8. The summed E-state index contributed by atoms with van der Waals surface area (Å²) in [5.41, 5.74) is 0.420. The highest BCUT2D eigenvalue weighted by Gasteiger charge is 2.42. The maximum absolute atomic E-state index is 13.0. The Hall–Kier alpha value is -1.76. The first kappa shape index (κ1) is 14.6. The Morgan fingerprint density at radius 1 is 1.50 bits per heavy atom. The number of hydrogen-bond acceptors (Lipinski definition) is 3. The van der Waals surface area contributed by atoms with Gasteiger partial charge in [-0.3, -0.25) is 10.1 Å². The van der Waals surface area contributed by atoms with Crippen LogP contribution in [0.2, 0.25) is 0 Å². The molecule has 1 fully saturated rings. The van der Waals surface area contributed by atoms with Crippen LogP contribution in [0.1, 0.15) is 6.42 Å². The molecule has 20 heavy (non-hydrogen) atoms. The van der Waals surface area contributed by atoms with Gasteiger partial charge in [-0.1, -0.05) is 6.07 Å². The lowest BCUT2D eigenvalue weighted by atomic mass is 10.2. The van der Waals surface area contributed by atoms with Gasteiger partial charge in [-0.2, -0.15) is 0 Å². The summed E-state index contributed by atoms with van der Waals surface area (Å²) in [5.74, 6) is -2.97. The van der Waals surface area contributed by atoms with Crippen LogP contribution in [0.25, 0.3) is 0 Å². The highest BCUT2D eigenvalue weighted by molar-refractivity contribution is 5.95. The number of benzene rings is 1. The molecule has 1 aliphatic rings. The molecule has 2 rings (SSSR count). The van der Waals surface area contributed by atoms with Gasteiger partial charge in [-0.25, -0.2) is 13.2 Å². The third-order valence-electron chi connectivity index (χ3n) is 2.87. The molecular weight excluding hydrogens is 273 g/mol. The van der Waals surface area contributed by atoms with Crippen molar-refractivity contribution in [2.24, 2.45) is 0 Å². The molecule has 0 spiro atoms. The molecule has 1 aromatic carbocycles. The number of nitrogens with one attached hydrogen (secondary N) is 2. The fourth-order valence-electron chi connectivity index (χ4n) is 1.95. The zero-order valence-corrected chi connectivity index (χ0v) is 10.7. The summed E-state index contributed by atoms with van der Waals surface area (Å²) < 4.78 is 43.1. The standard InChI is InChI=1S/C13H15F3N2O2/c14-4-5-20-10-3-1-2-9(6-10)18-12(19)11-7-13(15,16)8-17-11/h1-3,6,11,17H,4-5,7-8H2,(H,18,19). The van der Waals surface area contributed by atoms with Crippen molar-refractivity contribution in [2.45, 2.75) is 18.4 Å². The van der Waals surface area contributed by atoms with Gasteiger partial charge in [-0.05, 0) is 12.1 Å². The quantitative estimate of drug-likeness (QED) is 0.871. The van der Waals surface area contributed by atoms with Crippen molar-refractivity contribution in [3.63, 3.8) is 0 Å². The number of rotatable bonds is 5. The summed E-state index contributed by atoms with van der Waals surface area (Å²) in [7, 11) is 0. The Labute approximate surface area is 114 Å². The molecule has 0 aromatic heterocycles. The number of ether oxygens (including phenoxy) is 1. The van der Waals surface area contributed by atoms with Crippen LogP contribution in [0.3, 0.4) is 0 Å². The second-order valence-corrected chi connectivity index (χ2v) is 4.55. The average Bonchev–Trinajstić information content (AvgIpc) is 2.77. The number of anilines is 1. The molecule has 0 saturated carbocycles. The zero-order valence-electron chi connectivity index (χ0n) is 10.7. The number of alkyl halides is 3. The molecule has 1 saturated heterocycles. The van der Waals surface area contributed by atoms with E-state index in [0.29, 0.717) is 11.4 Å². The molecule has 0 bridgehead atoms. The molecule has 1 amide bonds. The SMILES string of the molecule is O=C(Nc1cccc(OCCF)c1)C1CC(F)(F)CN1. The molecule has 1 unspecified atom stereocenters. The van der Waals surface area contributed by atoms with Crippen molar-refractivity contribution in [1.29, 1.82) is 0 Å². The number of halogens is 3. The lowest BCUT2D eigenvalue weighted by Crippen LogP contribution is -2.35. The minimum atomic E-state index is -2.85. The van der Waals surface area contributed by atoms with Crippen molar-refractivity contribution in [3.05, 3.63) is 24.3 Å². The topological polar surface area (TPSA) is 50.4 Å². The van der Waals surface area contributed by atoms with Crippen LogP contribution in [0.4, 0.5) is 18.9 Å². The molecule has 110 valence electrons. The first-order valence-corrected chi connectivity index (χ1v) is 6.21. The normalized spacial score (nSPS) is 20.6. The van der Waals surface area contributed by atoms with Crippen LogP contribution < -0.4 is 15.4 Å². The van der Waals surface area contributed by atoms with E-state index in [1.807, 2.05) is 0 Å². The second-order valence-electron chi connectivity index (χ2n) is 4.55. The third kappa shape index (κ3) is 3.86. The van der Waals surface area contributed by atoms with Crippen LogP contribution in [0.5, 0.6) is 5.75 Å². The molecule has 1 heterocycles. The van der Waals surface area contributed by atoms with Crippen molar-refractivity contribution in [1.82, 2.24) is 5.32 Å². The van der Waals surface area contributed by atoms with Crippen LogP contribution in [0, 0.1) is 0 Å². The van der Waals surface area contributed by atoms with Gasteiger partial charge in [0.2, 0.25) is 5.91 Å². The molecule has 1 atom stereocenters. The van der Waals surface area contributed by atoms with E-state index in [1.165, 1.54) is 6.07 Å². The maximum atomic E-state index is 13.0. The van der Waals surface area contributed by atoms with Gasteiger partial charge < -0.3 is 10.1 Å². The summed E-state index contributed by atoms with van der Waals surface area (Å²) in [6.45, 7) is -1.18. The van der Waals surface area contributed by atoms with Crippen LogP contribution in [-0.2, 0) is 4.79 Å². The minimum absolute atomic E-state index is 0.0756. The molecule has 7 heteroatoms. The smallest absolute Gasteiger partial charge is 0.262 e. The van der Waals surface area contributed by atoms with Gasteiger partial charge in [0.05, 0.1) is 12.6 Å². The van der Waals surface area contributed by atoms with Crippen LogP contribution in [0.15, 0.2) is 24.3 Å². The molecule has 1 aromatic rings. The van der Waals surface area contributed by atoms with Gasteiger partial charge in [0.15, 0.2) is 0 Å². The molecule has 2 N–H and O–H groups in total. The minimum Gasteiger partial charge on any atom is -0.491 e. The Kier molecular flexibility index (Phi) is 4.49. The third-order valence-corrected chi connectivity index (χ3v) is 2.87. The van der Waals surface area contributed by atoms with Crippen molar-refractivity contribution >= 4 is 11.6 Å². The lowest BCUT2D eigenvalue weighted by Gasteiger charge is -2.12. The molecule has 0 aliphatic carbocycles. The number of amides is 1. The fraction of sp³-hybridized carbons (Fsp3) is 0.462. The summed E-state index contributed by atoms with van der Waals surface area (Å²) in [6, 6.07) is 5.45. The predicted molar refractivity (Wildman–Crippen MR) is 67.9 cm³/mol. The number of carbonyl (C=O) groups is 1. The van der Waals surface area contributed by atoms with E-state index < -0.39 is 37.5 Å². The van der Waals surface area contributed by atoms with E-state index in [2.05, 4.69) is 10.6 Å². The largest absolute Gasteiger partial charge is 0.491 e. The molecule has 1 aliphatic heterocycles. The zero-order chi connectivity index (χ0) is 14.6. The molecule has 4 nitrogen and oxygen atoms in total. The van der Waals surface area contributed by atoms with E-state index in [4.69, 9.17) is 4.74 Å². The van der Waals surface area contributed by atoms with Crippen LogP contribution in [-0.4, -0.2) is 37.7 Å².